The van der Waals surface area contributed by atoms with E-state index in [1.807, 2.05) is 22.9 Å². The van der Waals surface area contributed by atoms with Crippen molar-refractivity contribution in [3.05, 3.63) is 77.8 Å². The number of halogens is 2. The lowest BCUT2D eigenvalue weighted by molar-refractivity contribution is -0.123. The van der Waals surface area contributed by atoms with Gasteiger partial charge in [0, 0.05) is 43.2 Å². The van der Waals surface area contributed by atoms with Gasteiger partial charge in [0.05, 0.1) is 24.7 Å². The zero-order valence-corrected chi connectivity index (χ0v) is 17.2. The highest BCUT2D eigenvalue weighted by Gasteiger charge is 2.46. The van der Waals surface area contributed by atoms with Gasteiger partial charge >= 0.3 is 0 Å². The van der Waals surface area contributed by atoms with Crippen molar-refractivity contribution in [1.82, 2.24) is 19.7 Å². The summed E-state index contributed by atoms with van der Waals surface area (Å²) in [5.74, 6) is -1.25. The van der Waals surface area contributed by atoms with E-state index in [2.05, 4.69) is 10.1 Å². The topological polar surface area (TPSA) is 71.3 Å². The minimum atomic E-state index is -0.782. The molecule has 4 heterocycles. The van der Waals surface area contributed by atoms with Crippen molar-refractivity contribution in [2.24, 2.45) is 0 Å². The smallest absolute Gasteiger partial charge is 0.254 e. The second kappa shape index (κ2) is 7.81. The third-order valence-corrected chi connectivity index (χ3v) is 6.31. The van der Waals surface area contributed by atoms with E-state index >= 15 is 0 Å². The molecule has 0 radical (unpaired) electrons. The highest BCUT2D eigenvalue weighted by molar-refractivity contribution is 5.95. The predicted octanol–water partition coefficient (Wildman–Crippen LogP) is 3.12. The van der Waals surface area contributed by atoms with E-state index in [9.17, 15) is 18.4 Å². The molecule has 1 fully saturated rings. The molecular weight excluding hydrogens is 416 g/mol. The molecule has 1 spiro atoms. The van der Waals surface area contributed by atoms with Crippen molar-refractivity contribution in [3.63, 3.8) is 0 Å². The van der Waals surface area contributed by atoms with Gasteiger partial charge in [-0.3, -0.25) is 19.5 Å². The third-order valence-electron chi connectivity index (χ3n) is 6.31. The molecule has 2 aromatic heterocycles. The molecule has 32 heavy (non-hydrogen) atoms. The van der Waals surface area contributed by atoms with E-state index in [-0.39, 0.29) is 17.9 Å². The maximum atomic E-state index is 13.5. The fourth-order valence-electron chi connectivity index (χ4n) is 4.66. The first kappa shape index (κ1) is 20.3. The Labute approximate surface area is 183 Å². The van der Waals surface area contributed by atoms with Crippen molar-refractivity contribution in [1.29, 1.82) is 0 Å². The average molecular weight is 437 g/mol. The molecule has 0 bridgehead atoms. The number of piperidine rings is 1. The molecular formula is C23H21F2N5O2. The molecule has 5 rings (SSSR count). The largest absolute Gasteiger partial charge is 0.338 e. The van der Waals surface area contributed by atoms with E-state index in [1.54, 1.807) is 28.4 Å². The second-order valence-electron chi connectivity index (χ2n) is 8.29. The van der Waals surface area contributed by atoms with Gasteiger partial charge in [0.15, 0.2) is 0 Å². The normalized spacial score (nSPS) is 17.5. The number of benzene rings is 1. The minimum Gasteiger partial charge on any atom is -0.338 e. The van der Waals surface area contributed by atoms with Crippen molar-refractivity contribution < 1.29 is 18.4 Å². The summed E-state index contributed by atoms with van der Waals surface area (Å²) < 4.78 is 29.0. The molecule has 164 valence electrons. The minimum absolute atomic E-state index is 0.00166. The summed E-state index contributed by atoms with van der Waals surface area (Å²) in [5, 5.41) is 4.52. The van der Waals surface area contributed by atoms with Crippen LogP contribution in [0, 0.1) is 11.6 Å². The lowest BCUT2D eigenvalue weighted by Crippen LogP contribution is -2.54. The van der Waals surface area contributed by atoms with Gasteiger partial charge in [-0.25, -0.2) is 13.5 Å². The van der Waals surface area contributed by atoms with Gasteiger partial charge in [-0.05, 0) is 42.7 Å². The molecule has 0 aliphatic carbocycles. The summed E-state index contributed by atoms with van der Waals surface area (Å²) in [4.78, 5) is 33.3. The quantitative estimate of drug-likeness (QED) is 0.631. The molecule has 0 atom stereocenters. The summed E-state index contributed by atoms with van der Waals surface area (Å²) in [6.45, 7) is 1.17. The molecule has 2 aliphatic rings. The van der Waals surface area contributed by atoms with E-state index in [4.69, 9.17) is 0 Å². The Kier molecular flexibility index (Phi) is 4.96. The number of amides is 2. The van der Waals surface area contributed by atoms with Crippen molar-refractivity contribution in [2.75, 3.05) is 18.0 Å². The molecule has 9 heteroatoms. The lowest BCUT2D eigenvalue weighted by atomic mass is 9.82. The molecule has 7 nitrogen and oxygen atoms in total. The molecule has 0 saturated carbocycles. The van der Waals surface area contributed by atoms with Crippen LogP contribution in [-0.2, 0) is 16.9 Å². The molecule has 2 amide bonds. The Balaban J connectivity index is 1.36. The number of nitrogens with zero attached hydrogens (tertiary/aromatic N) is 5. The number of anilines is 1. The number of fused-ring (bicyclic) bond motifs is 2. The first-order valence-electron chi connectivity index (χ1n) is 10.4. The first-order valence-corrected chi connectivity index (χ1v) is 10.4. The Morgan fingerprint density at radius 1 is 1.00 bits per heavy atom. The molecule has 0 N–H and O–H groups in total. The van der Waals surface area contributed by atoms with Crippen molar-refractivity contribution in [2.45, 2.75) is 31.3 Å². The Bertz CT molecular complexity index is 1150. The average Bonchev–Trinajstić information content (AvgIpc) is 3.28. The van der Waals surface area contributed by atoms with Gasteiger partial charge in [0.1, 0.15) is 17.5 Å². The van der Waals surface area contributed by atoms with Crippen LogP contribution in [0.1, 0.15) is 35.2 Å². The molecule has 1 aromatic carbocycles. The van der Waals surface area contributed by atoms with Gasteiger partial charge < -0.3 is 4.90 Å². The maximum Gasteiger partial charge on any atom is 0.254 e. The van der Waals surface area contributed by atoms with Crippen LogP contribution in [0.3, 0.4) is 0 Å². The van der Waals surface area contributed by atoms with E-state index in [0.29, 0.717) is 32.5 Å². The predicted molar refractivity (Wildman–Crippen MR) is 112 cm³/mol. The van der Waals surface area contributed by atoms with Crippen LogP contribution in [0.2, 0.25) is 0 Å². The van der Waals surface area contributed by atoms with Crippen LogP contribution in [0.5, 0.6) is 0 Å². The van der Waals surface area contributed by atoms with Crippen molar-refractivity contribution >= 4 is 17.6 Å². The summed E-state index contributed by atoms with van der Waals surface area (Å²) in [5.41, 5.74) is 0.440. The molecule has 2 aliphatic heterocycles. The second-order valence-corrected chi connectivity index (χ2v) is 8.29. The zero-order chi connectivity index (χ0) is 22.3. The molecule has 0 unspecified atom stereocenters. The van der Waals surface area contributed by atoms with E-state index in [1.165, 1.54) is 0 Å². The number of pyridine rings is 1. The number of carbonyl (C=O) groups excluding carboxylic acids is 2. The summed E-state index contributed by atoms with van der Waals surface area (Å²) in [6.07, 6.45) is 6.41. The van der Waals surface area contributed by atoms with Gasteiger partial charge in [-0.1, -0.05) is 0 Å². The lowest BCUT2D eigenvalue weighted by Gasteiger charge is -2.46. The van der Waals surface area contributed by atoms with Gasteiger partial charge in [0.2, 0.25) is 5.91 Å². The van der Waals surface area contributed by atoms with Crippen LogP contribution in [0.25, 0.3) is 0 Å². The number of hydrogen-bond donors (Lipinski definition) is 0. The number of likely N-dealkylation sites (tertiary alicyclic amines) is 1. The standard InChI is InChI=1S/C23H21F2N5O2/c24-18-11-17(12-19(25)13-18)22(32)28-9-4-23(5-10-28)14-21(31)29(20-3-8-27-30(20)23)15-16-1-6-26-7-2-16/h1-3,6-8,11-13H,4-5,9-10,14-15H2. The van der Waals surface area contributed by atoms with Gasteiger partial charge in [-0.15, -0.1) is 0 Å². The number of aromatic nitrogens is 3. The SMILES string of the molecule is O=C(c1cc(F)cc(F)c1)N1CCC2(CC1)CC(=O)N(Cc1ccncc1)c1ccnn12. The Morgan fingerprint density at radius 2 is 1.69 bits per heavy atom. The van der Waals surface area contributed by atoms with Crippen LogP contribution >= 0.6 is 0 Å². The fourth-order valence-corrected chi connectivity index (χ4v) is 4.66. The van der Waals surface area contributed by atoms with Crippen LogP contribution in [0.4, 0.5) is 14.6 Å². The summed E-state index contributed by atoms with van der Waals surface area (Å²) in [6, 6.07) is 8.40. The van der Waals surface area contributed by atoms with Crippen molar-refractivity contribution in [3.8, 4) is 0 Å². The van der Waals surface area contributed by atoms with E-state index < -0.39 is 23.1 Å². The van der Waals surface area contributed by atoms with Crippen LogP contribution < -0.4 is 4.90 Å². The first-order chi connectivity index (χ1) is 15.4. The third kappa shape index (κ3) is 3.53. The zero-order valence-electron chi connectivity index (χ0n) is 17.2. The maximum absolute atomic E-state index is 13.5. The van der Waals surface area contributed by atoms with Crippen LogP contribution in [-0.4, -0.2) is 44.6 Å². The van der Waals surface area contributed by atoms with Crippen LogP contribution in [0.15, 0.2) is 55.0 Å². The molecule has 3 aromatic rings. The monoisotopic (exact) mass is 437 g/mol. The summed E-state index contributed by atoms with van der Waals surface area (Å²) in [7, 11) is 0. The highest BCUT2D eigenvalue weighted by Crippen LogP contribution is 2.41. The molecule has 1 saturated heterocycles. The fraction of sp³-hybridized carbons (Fsp3) is 0.304. The number of rotatable bonds is 3. The Morgan fingerprint density at radius 3 is 2.38 bits per heavy atom. The number of carbonyl (C=O) groups is 2. The number of hydrogen-bond acceptors (Lipinski definition) is 4. The Hall–Kier alpha value is -3.62. The van der Waals surface area contributed by atoms with E-state index in [0.717, 1.165) is 29.6 Å². The summed E-state index contributed by atoms with van der Waals surface area (Å²) >= 11 is 0. The van der Waals surface area contributed by atoms with Gasteiger partial charge in [-0.2, -0.15) is 5.10 Å². The van der Waals surface area contributed by atoms with Gasteiger partial charge in [0.25, 0.3) is 5.91 Å². The highest BCUT2D eigenvalue weighted by atomic mass is 19.1.